The lowest BCUT2D eigenvalue weighted by molar-refractivity contribution is -0.123. The second kappa shape index (κ2) is 10.2. The van der Waals surface area contributed by atoms with Crippen LogP contribution in [-0.2, 0) is 4.79 Å². The summed E-state index contributed by atoms with van der Waals surface area (Å²) in [5, 5.41) is 3.56. The molecule has 9 nitrogen and oxygen atoms in total. The van der Waals surface area contributed by atoms with Gasteiger partial charge >= 0.3 is 0 Å². The van der Waals surface area contributed by atoms with Gasteiger partial charge in [0.1, 0.15) is 10.9 Å². The van der Waals surface area contributed by atoms with E-state index in [-0.39, 0.29) is 28.2 Å². The number of hydrogen-bond acceptors (Lipinski definition) is 7. The zero-order chi connectivity index (χ0) is 24.2. The van der Waals surface area contributed by atoms with Crippen molar-refractivity contribution in [2.75, 3.05) is 10.6 Å². The lowest BCUT2D eigenvalue weighted by Gasteiger charge is -2.32. The molecule has 0 radical (unpaired) electrons. The molecule has 0 unspecified atom stereocenters. The molecule has 11 heteroatoms. The van der Waals surface area contributed by atoms with E-state index in [1.54, 1.807) is 48.8 Å². The van der Waals surface area contributed by atoms with Crippen molar-refractivity contribution in [3.8, 4) is 0 Å². The van der Waals surface area contributed by atoms with Gasteiger partial charge in [-0.15, -0.1) is 0 Å². The van der Waals surface area contributed by atoms with Crippen molar-refractivity contribution in [2.45, 2.75) is 37.8 Å². The van der Waals surface area contributed by atoms with Gasteiger partial charge in [0.15, 0.2) is 5.69 Å². The van der Waals surface area contributed by atoms with Gasteiger partial charge in [0.05, 0.1) is 5.69 Å². The van der Waals surface area contributed by atoms with Crippen LogP contribution in [0.15, 0.2) is 48.8 Å². The van der Waals surface area contributed by atoms with Gasteiger partial charge in [-0.3, -0.25) is 24.3 Å². The number of aromatic nitrogens is 2. The maximum Gasteiger partial charge on any atom is 0.273 e. The van der Waals surface area contributed by atoms with Crippen molar-refractivity contribution >= 4 is 52.2 Å². The summed E-state index contributed by atoms with van der Waals surface area (Å²) in [5.41, 5.74) is 12.1. The Morgan fingerprint density at radius 1 is 1.09 bits per heavy atom. The number of carbonyl (C=O) groups excluding carboxylic acids is 3. The van der Waals surface area contributed by atoms with E-state index >= 15 is 0 Å². The number of nitrogens with two attached hydrogens (primary N) is 2. The van der Waals surface area contributed by atoms with Crippen LogP contribution in [0.1, 0.15) is 57.4 Å². The maximum atomic E-state index is 13.9. The molecule has 2 aromatic heterocycles. The molecule has 34 heavy (non-hydrogen) atoms. The first-order valence-electron chi connectivity index (χ1n) is 10.7. The molecule has 4 rings (SSSR count). The summed E-state index contributed by atoms with van der Waals surface area (Å²) < 4.78 is 3.95. The van der Waals surface area contributed by atoms with Gasteiger partial charge in [-0.25, -0.2) is 0 Å². The Kier molecular flexibility index (Phi) is 7.09. The Morgan fingerprint density at radius 2 is 1.74 bits per heavy atom. The van der Waals surface area contributed by atoms with E-state index in [4.69, 9.17) is 23.1 Å². The van der Waals surface area contributed by atoms with E-state index in [9.17, 15) is 14.4 Å². The molecule has 1 fully saturated rings. The van der Waals surface area contributed by atoms with Gasteiger partial charge < -0.3 is 16.8 Å². The quantitative estimate of drug-likeness (QED) is 0.455. The molecular weight excluding hydrogens is 476 g/mol. The van der Waals surface area contributed by atoms with Crippen molar-refractivity contribution in [3.63, 3.8) is 0 Å². The predicted octanol–water partition coefficient (Wildman–Crippen LogP) is 3.32. The number of nitrogens with zero attached hydrogens (tertiary/aromatic N) is 3. The molecule has 1 aliphatic rings. The molecule has 1 saturated carbocycles. The molecule has 1 aliphatic carbocycles. The van der Waals surface area contributed by atoms with Crippen molar-refractivity contribution in [3.05, 3.63) is 69.9 Å². The Labute approximate surface area is 205 Å². The van der Waals surface area contributed by atoms with E-state index in [1.165, 1.54) is 4.90 Å². The molecule has 3 aromatic rings. The molecule has 2 heterocycles. The SMILES string of the molecule is NC(=O)c1nsc(C(=O)N(c2ccc(Cl)cc2)[C@H](C(=O)NC2CCCC2)c2ccncc2)c1N. The van der Waals surface area contributed by atoms with Crippen LogP contribution >= 0.6 is 23.1 Å². The summed E-state index contributed by atoms with van der Waals surface area (Å²) in [6.45, 7) is 0. The fourth-order valence-electron chi connectivity index (χ4n) is 4.04. The summed E-state index contributed by atoms with van der Waals surface area (Å²) in [5.74, 6) is -1.76. The minimum Gasteiger partial charge on any atom is -0.395 e. The van der Waals surface area contributed by atoms with E-state index in [0.29, 0.717) is 16.3 Å². The number of amides is 3. The summed E-state index contributed by atoms with van der Waals surface area (Å²) in [7, 11) is 0. The lowest BCUT2D eigenvalue weighted by Crippen LogP contribution is -2.46. The average Bonchev–Trinajstić information content (AvgIpc) is 3.47. The standard InChI is InChI=1S/C23H23ClN6O3S/c24-14-5-7-16(8-6-14)30(23(33)20-17(25)18(21(26)31)29-34-20)19(13-9-11-27-12-10-13)22(32)28-15-3-1-2-4-15/h5-12,15,19H,1-4,25H2,(H2,26,31)(H,28,32)/t19-/m0/s1. The van der Waals surface area contributed by atoms with Crippen LogP contribution in [0.4, 0.5) is 11.4 Å². The normalized spacial score (nSPS) is 14.5. The second-order valence-corrected chi connectivity index (χ2v) is 9.17. The van der Waals surface area contributed by atoms with Gasteiger partial charge in [0.2, 0.25) is 5.91 Å². The maximum absolute atomic E-state index is 13.9. The first-order valence-corrected chi connectivity index (χ1v) is 11.9. The van der Waals surface area contributed by atoms with Crippen molar-refractivity contribution < 1.29 is 14.4 Å². The van der Waals surface area contributed by atoms with Crippen LogP contribution in [0.5, 0.6) is 0 Å². The van der Waals surface area contributed by atoms with Gasteiger partial charge in [-0.05, 0) is 66.3 Å². The van der Waals surface area contributed by atoms with Crippen molar-refractivity contribution in [1.82, 2.24) is 14.7 Å². The molecule has 0 aliphatic heterocycles. The zero-order valence-corrected chi connectivity index (χ0v) is 19.7. The monoisotopic (exact) mass is 498 g/mol. The highest BCUT2D eigenvalue weighted by Gasteiger charge is 2.37. The van der Waals surface area contributed by atoms with Gasteiger partial charge in [-0.2, -0.15) is 4.37 Å². The van der Waals surface area contributed by atoms with Gasteiger partial charge in [0, 0.05) is 29.1 Å². The number of nitrogens with one attached hydrogen (secondary N) is 1. The van der Waals surface area contributed by atoms with E-state index in [0.717, 1.165) is 37.2 Å². The van der Waals surface area contributed by atoms with E-state index < -0.39 is 17.9 Å². The number of halogens is 1. The molecule has 1 aromatic carbocycles. The second-order valence-electron chi connectivity index (χ2n) is 7.96. The van der Waals surface area contributed by atoms with Crippen molar-refractivity contribution in [1.29, 1.82) is 0 Å². The topological polar surface area (TPSA) is 144 Å². The third-order valence-electron chi connectivity index (χ3n) is 5.71. The van der Waals surface area contributed by atoms with Crippen LogP contribution in [0, 0.1) is 0 Å². The zero-order valence-electron chi connectivity index (χ0n) is 18.1. The molecule has 0 bridgehead atoms. The van der Waals surface area contributed by atoms with Crippen molar-refractivity contribution in [2.24, 2.45) is 5.73 Å². The van der Waals surface area contributed by atoms with Crippen LogP contribution in [0.2, 0.25) is 5.02 Å². The van der Waals surface area contributed by atoms with Gasteiger partial charge in [-0.1, -0.05) is 24.4 Å². The highest BCUT2D eigenvalue weighted by atomic mass is 35.5. The third kappa shape index (κ3) is 4.87. The Morgan fingerprint density at radius 3 is 2.32 bits per heavy atom. The number of benzene rings is 1. The molecule has 0 saturated heterocycles. The van der Waals surface area contributed by atoms with Crippen LogP contribution in [-0.4, -0.2) is 33.1 Å². The predicted molar refractivity (Wildman–Crippen MR) is 131 cm³/mol. The molecule has 3 amide bonds. The summed E-state index contributed by atoms with van der Waals surface area (Å²) >= 11 is 6.84. The third-order valence-corrected chi connectivity index (χ3v) is 6.81. The molecular formula is C23H23ClN6O3S. The number of carbonyl (C=O) groups is 3. The number of anilines is 2. The summed E-state index contributed by atoms with van der Waals surface area (Å²) in [6, 6.07) is 8.90. The molecule has 5 N–H and O–H groups in total. The largest absolute Gasteiger partial charge is 0.395 e. The molecule has 0 spiro atoms. The Bertz CT molecular complexity index is 1200. The number of rotatable bonds is 7. The Hall–Kier alpha value is -3.50. The minimum absolute atomic E-state index is 0.0106. The molecule has 1 atom stereocenters. The van der Waals surface area contributed by atoms with E-state index in [1.807, 2.05) is 0 Å². The number of hydrogen-bond donors (Lipinski definition) is 3. The fourth-order valence-corrected chi connectivity index (χ4v) is 4.91. The number of nitrogen functional groups attached to an aromatic ring is 1. The number of primary amides is 1. The highest BCUT2D eigenvalue weighted by Crippen LogP contribution is 2.34. The summed E-state index contributed by atoms with van der Waals surface area (Å²) in [4.78, 5) is 44.6. The lowest BCUT2D eigenvalue weighted by atomic mass is 10.0. The van der Waals surface area contributed by atoms with E-state index in [2.05, 4.69) is 14.7 Å². The molecule has 176 valence electrons. The average molecular weight is 499 g/mol. The first kappa shape index (κ1) is 23.7. The first-order chi connectivity index (χ1) is 16.4. The van der Waals surface area contributed by atoms with Crippen LogP contribution in [0.3, 0.4) is 0 Å². The summed E-state index contributed by atoms with van der Waals surface area (Å²) in [6.07, 6.45) is 6.96. The Balaban J connectivity index is 1.83. The van der Waals surface area contributed by atoms with Crippen LogP contribution in [0.25, 0.3) is 0 Å². The number of pyridine rings is 1. The van der Waals surface area contributed by atoms with Gasteiger partial charge in [0.25, 0.3) is 11.8 Å². The highest BCUT2D eigenvalue weighted by molar-refractivity contribution is 7.09. The van der Waals surface area contributed by atoms with Crippen LogP contribution < -0.4 is 21.7 Å². The fraction of sp³-hybridized carbons (Fsp3) is 0.261. The minimum atomic E-state index is -1.03. The smallest absolute Gasteiger partial charge is 0.273 e.